The van der Waals surface area contributed by atoms with Gasteiger partial charge in [0.05, 0.1) is 27.9 Å². The smallest absolute Gasteiger partial charge is 0.296 e. The number of carbonyl (C=O) groups is 2. The lowest BCUT2D eigenvalue weighted by atomic mass is 10.1. The average molecular weight is 354 g/mol. The second kappa shape index (κ2) is 7.85. The summed E-state index contributed by atoms with van der Waals surface area (Å²) >= 11 is 5.70. The molecule has 1 heterocycles. The molecule has 0 fully saturated rings. The molecule has 2 amide bonds. The highest BCUT2D eigenvalue weighted by molar-refractivity contribution is 6.43. The van der Waals surface area contributed by atoms with E-state index < -0.39 is 11.8 Å². The maximum atomic E-state index is 12.1. The van der Waals surface area contributed by atoms with Gasteiger partial charge in [0.25, 0.3) is 11.8 Å². The van der Waals surface area contributed by atoms with Crippen LogP contribution in [0.2, 0.25) is 0 Å². The zero-order valence-corrected chi connectivity index (χ0v) is 14.1. The van der Waals surface area contributed by atoms with Gasteiger partial charge in [-0.1, -0.05) is 11.6 Å². The van der Waals surface area contributed by atoms with Crippen LogP contribution in [-0.4, -0.2) is 44.8 Å². The van der Waals surface area contributed by atoms with E-state index in [1.807, 2.05) is 0 Å². The van der Waals surface area contributed by atoms with Crippen molar-refractivity contribution < 1.29 is 28.6 Å². The summed E-state index contributed by atoms with van der Waals surface area (Å²) < 4.78 is 15.7. The Morgan fingerprint density at radius 3 is 2.38 bits per heavy atom. The minimum absolute atomic E-state index is 0.0499. The average Bonchev–Trinajstić information content (AvgIpc) is 2.60. The van der Waals surface area contributed by atoms with Crippen LogP contribution >= 0.6 is 11.6 Å². The quantitative estimate of drug-likeness (QED) is 0.755. The van der Waals surface area contributed by atoms with Crippen LogP contribution in [0.4, 0.5) is 0 Å². The van der Waals surface area contributed by atoms with Crippen LogP contribution < -0.4 is 14.2 Å². The summed E-state index contributed by atoms with van der Waals surface area (Å²) in [4.78, 5) is 28.8. The Balaban J connectivity index is 2.24. The van der Waals surface area contributed by atoms with Crippen LogP contribution in [0.15, 0.2) is 29.3 Å². The fourth-order valence-electron chi connectivity index (χ4n) is 2.02. The maximum absolute atomic E-state index is 12.1. The maximum Gasteiger partial charge on any atom is 0.296 e. The minimum atomic E-state index is -0.706. The molecule has 0 atom stereocenters. The van der Waals surface area contributed by atoms with Crippen molar-refractivity contribution in [2.45, 2.75) is 0 Å². The molecule has 0 N–H and O–H groups in total. The Hall–Kier alpha value is -2.51. The lowest BCUT2D eigenvalue weighted by molar-refractivity contribution is -0.187. The minimum Gasteiger partial charge on any atom is -0.493 e. The number of benzene rings is 1. The van der Waals surface area contributed by atoms with Gasteiger partial charge in [0.1, 0.15) is 5.03 Å². The van der Waals surface area contributed by atoms with Crippen molar-refractivity contribution >= 4 is 29.5 Å². The molecule has 8 heteroatoms. The normalized spacial score (nSPS) is 14.6. The van der Waals surface area contributed by atoms with Crippen molar-refractivity contribution in [3.63, 3.8) is 0 Å². The van der Waals surface area contributed by atoms with Crippen molar-refractivity contribution in [3.8, 4) is 17.2 Å². The first kappa shape index (κ1) is 17.8. The van der Waals surface area contributed by atoms with Crippen molar-refractivity contribution in [2.24, 2.45) is 0 Å². The molecule has 0 saturated carbocycles. The van der Waals surface area contributed by atoms with E-state index in [1.165, 1.54) is 39.6 Å². The Bertz CT molecular complexity index is 688. The molecule has 128 valence electrons. The van der Waals surface area contributed by atoms with E-state index in [1.54, 1.807) is 12.1 Å². The van der Waals surface area contributed by atoms with E-state index >= 15 is 0 Å². The molecule has 1 aliphatic rings. The molecule has 2 rings (SSSR count). The van der Waals surface area contributed by atoms with Crippen molar-refractivity contribution in [1.29, 1.82) is 0 Å². The first-order valence-electron chi connectivity index (χ1n) is 6.87. The number of carbonyl (C=O) groups excluding carboxylic acids is 2. The molecular formula is C16H16ClNO6. The van der Waals surface area contributed by atoms with E-state index in [4.69, 9.17) is 30.6 Å². The third-order valence-electron chi connectivity index (χ3n) is 3.16. The monoisotopic (exact) mass is 353 g/mol. The first-order valence-corrected chi connectivity index (χ1v) is 7.24. The van der Waals surface area contributed by atoms with E-state index in [0.717, 1.165) is 0 Å². The number of halogens is 1. The second-order valence-electron chi connectivity index (χ2n) is 4.58. The Morgan fingerprint density at radius 1 is 1.21 bits per heavy atom. The molecule has 1 aliphatic heterocycles. The molecular weight excluding hydrogens is 338 g/mol. The molecule has 1 aromatic carbocycles. The van der Waals surface area contributed by atoms with E-state index in [0.29, 0.717) is 27.9 Å². The van der Waals surface area contributed by atoms with Gasteiger partial charge in [-0.3, -0.25) is 14.4 Å². The fourth-order valence-corrected chi connectivity index (χ4v) is 2.16. The Labute approximate surface area is 143 Å². The highest BCUT2D eigenvalue weighted by Crippen LogP contribution is 2.38. The number of nitrogens with zero attached hydrogens (tertiary/aromatic N) is 1. The summed E-state index contributed by atoms with van der Waals surface area (Å²) in [5.41, 5.74) is 0.615. The number of methoxy groups -OCH3 is 3. The Kier molecular flexibility index (Phi) is 5.83. The summed E-state index contributed by atoms with van der Waals surface area (Å²) in [6.45, 7) is 0.0499. The van der Waals surface area contributed by atoms with Gasteiger partial charge in [0.15, 0.2) is 11.5 Å². The first-order chi connectivity index (χ1) is 11.5. The number of rotatable bonds is 5. The Morgan fingerprint density at radius 2 is 1.83 bits per heavy atom. The van der Waals surface area contributed by atoms with Gasteiger partial charge < -0.3 is 14.2 Å². The molecule has 0 unspecified atom stereocenters. The van der Waals surface area contributed by atoms with Crippen LogP contribution in [0.5, 0.6) is 17.2 Å². The number of hydrogen-bond acceptors (Lipinski definition) is 6. The molecule has 0 saturated heterocycles. The van der Waals surface area contributed by atoms with Gasteiger partial charge in [0, 0.05) is 6.08 Å². The molecule has 0 bridgehead atoms. The van der Waals surface area contributed by atoms with Gasteiger partial charge in [-0.05, 0) is 29.8 Å². The lowest BCUT2D eigenvalue weighted by Crippen LogP contribution is -2.38. The van der Waals surface area contributed by atoms with Gasteiger partial charge in [-0.2, -0.15) is 0 Å². The van der Waals surface area contributed by atoms with Gasteiger partial charge in [-0.15, -0.1) is 5.06 Å². The van der Waals surface area contributed by atoms with E-state index in [9.17, 15) is 9.59 Å². The fraction of sp³-hybridized carbons (Fsp3) is 0.250. The molecule has 24 heavy (non-hydrogen) atoms. The van der Waals surface area contributed by atoms with Crippen LogP contribution in [-0.2, 0) is 14.4 Å². The van der Waals surface area contributed by atoms with Crippen molar-refractivity contribution in [2.75, 3.05) is 27.9 Å². The van der Waals surface area contributed by atoms with Crippen molar-refractivity contribution in [3.05, 3.63) is 34.9 Å². The molecule has 0 aromatic heterocycles. The highest BCUT2D eigenvalue weighted by atomic mass is 35.5. The number of hydroxylamine groups is 2. The SMILES string of the molecule is COc1cc(/C=C/C(=O)N2OCC=C(Cl)C2=O)cc(OC)c1OC. The molecule has 7 nitrogen and oxygen atoms in total. The number of hydrogen-bond donors (Lipinski definition) is 0. The van der Waals surface area contributed by atoms with Crippen LogP contribution in [0.3, 0.4) is 0 Å². The van der Waals surface area contributed by atoms with Gasteiger partial charge >= 0.3 is 0 Å². The second-order valence-corrected chi connectivity index (χ2v) is 4.98. The van der Waals surface area contributed by atoms with Crippen LogP contribution in [0, 0.1) is 0 Å². The third kappa shape index (κ3) is 3.69. The van der Waals surface area contributed by atoms with Crippen LogP contribution in [0.25, 0.3) is 6.08 Å². The summed E-state index contributed by atoms with van der Waals surface area (Å²) in [6.07, 6.45) is 4.07. The zero-order valence-electron chi connectivity index (χ0n) is 13.4. The van der Waals surface area contributed by atoms with Crippen molar-refractivity contribution in [1.82, 2.24) is 5.06 Å². The number of amides is 2. The van der Waals surface area contributed by atoms with Crippen LogP contribution in [0.1, 0.15) is 5.56 Å². The van der Waals surface area contributed by atoms with E-state index in [2.05, 4.69) is 0 Å². The number of imide groups is 1. The summed E-state index contributed by atoms with van der Waals surface area (Å²) in [5.74, 6) is -0.0298. The van der Waals surface area contributed by atoms with E-state index in [-0.39, 0.29) is 11.6 Å². The third-order valence-corrected chi connectivity index (χ3v) is 3.48. The summed E-state index contributed by atoms with van der Waals surface area (Å²) in [5, 5.41) is 0.548. The predicted octanol–water partition coefficient (Wildman–Crippen LogP) is 2.15. The number of ether oxygens (including phenoxy) is 3. The summed E-state index contributed by atoms with van der Waals surface area (Å²) in [7, 11) is 4.48. The molecule has 0 spiro atoms. The lowest BCUT2D eigenvalue weighted by Gasteiger charge is -2.20. The largest absolute Gasteiger partial charge is 0.493 e. The molecule has 1 aromatic rings. The molecule has 0 aliphatic carbocycles. The van der Waals surface area contributed by atoms with Gasteiger partial charge in [-0.25, -0.2) is 0 Å². The summed E-state index contributed by atoms with van der Waals surface area (Å²) in [6, 6.07) is 3.33. The molecule has 0 radical (unpaired) electrons. The zero-order chi connectivity index (χ0) is 17.7. The van der Waals surface area contributed by atoms with Gasteiger partial charge in [0.2, 0.25) is 5.75 Å². The topological polar surface area (TPSA) is 74.3 Å². The highest BCUT2D eigenvalue weighted by Gasteiger charge is 2.26. The standard InChI is InChI=1S/C16H16ClNO6/c1-21-12-8-10(9-13(22-2)15(12)23-3)4-5-14(19)18-16(20)11(17)6-7-24-18/h4-6,8-9H,7H2,1-3H3/b5-4+. The predicted molar refractivity (Wildman–Crippen MR) is 86.9 cm³/mol.